The molecule has 0 bridgehead atoms. The van der Waals surface area contributed by atoms with Gasteiger partial charge in [-0.1, -0.05) is 13.8 Å². The van der Waals surface area contributed by atoms with Gasteiger partial charge in [0.25, 0.3) is 0 Å². The van der Waals surface area contributed by atoms with Crippen molar-refractivity contribution < 1.29 is 19.4 Å². The predicted octanol–water partition coefficient (Wildman–Crippen LogP) is 2.12. The van der Waals surface area contributed by atoms with Crippen LogP contribution in [0.2, 0.25) is 0 Å². The number of rotatable bonds is 6. The van der Waals surface area contributed by atoms with Gasteiger partial charge in [0.2, 0.25) is 0 Å². The van der Waals surface area contributed by atoms with E-state index in [2.05, 4.69) is 5.32 Å². The molecule has 0 saturated carbocycles. The van der Waals surface area contributed by atoms with Gasteiger partial charge in [0, 0.05) is 6.54 Å². The zero-order valence-electron chi connectivity index (χ0n) is 12.7. The average Bonchev–Trinajstić information content (AvgIpc) is 2.28. The highest BCUT2D eigenvalue weighted by Gasteiger charge is 2.15. The number of hydrogen-bond acceptors (Lipinski definition) is 4. The van der Waals surface area contributed by atoms with Crippen LogP contribution in [0.25, 0.3) is 0 Å². The lowest BCUT2D eigenvalue weighted by atomic mass is 10.1. The molecule has 0 aliphatic rings. The first-order valence-electron chi connectivity index (χ1n) is 6.67. The SMILES string of the molecule is CC.CC(C)(C)OC(=O)NCCCCC(N)C(=O)O. The van der Waals surface area contributed by atoms with Crippen molar-refractivity contribution in [1.29, 1.82) is 0 Å². The molecule has 0 heterocycles. The van der Waals surface area contributed by atoms with Crippen molar-refractivity contribution in [3.8, 4) is 0 Å². The van der Waals surface area contributed by atoms with E-state index in [1.54, 1.807) is 20.8 Å². The number of amides is 1. The van der Waals surface area contributed by atoms with Gasteiger partial charge in [-0.2, -0.15) is 0 Å². The molecule has 0 aromatic rings. The second-order valence-corrected chi connectivity index (χ2v) is 4.87. The summed E-state index contributed by atoms with van der Waals surface area (Å²) in [5.41, 5.74) is 4.83. The van der Waals surface area contributed by atoms with Gasteiger partial charge in [-0.3, -0.25) is 4.79 Å². The van der Waals surface area contributed by atoms with E-state index in [1.165, 1.54) is 0 Å². The fraction of sp³-hybridized carbons (Fsp3) is 0.846. The molecule has 1 unspecified atom stereocenters. The summed E-state index contributed by atoms with van der Waals surface area (Å²) in [7, 11) is 0. The quantitative estimate of drug-likeness (QED) is 0.645. The van der Waals surface area contributed by atoms with Crippen LogP contribution in [0.5, 0.6) is 0 Å². The van der Waals surface area contributed by atoms with Gasteiger partial charge < -0.3 is 20.9 Å². The summed E-state index contributed by atoms with van der Waals surface area (Å²) in [6.07, 6.45) is 1.29. The van der Waals surface area contributed by atoms with Crippen LogP contribution in [0.3, 0.4) is 0 Å². The fourth-order valence-corrected chi connectivity index (χ4v) is 1.12. The van der Waals surface area contributed by atoms with E-state index in [4.69, 9.17) is 15.6 Å². The van der Waals surface area contributed by atoms with Crippen molar-refractivity contribution in [3.05, 3.63) is 0 Å². The van der Waals surface area contributed by atoms with Crippen molar-refractivity contribution in [2.75, 3.05) is 6.54 Å². The lowest BCUT2D eigenvalue weighted by Crippen LogP contribution is -2.33. The summed E-state index contributed by atoms with van der Waals surface area (Å²) in [5, 5.41) is 11.1. The van der Waals surface area contributed by atoms with Gasteiger partial charge in [-0.15, -0.1) is 0 Å². The molecule has 0 rings (SSSR count). The first-order chi connectivity index (χ1) is 8.72. The predicted molar refractivity (Wildman–Crippen MR) is 75.0 cm³/mol. The van der Waals surface area contributed by atoms with Gasteiger partial charge in [0.05, 0.1) is 0 Å². The van der Waals surface area contributed by atoms with Crippen molar-refractivity contribution in [2.24, 2.45) is 5.73 Å². The maximum Gasteiger partial charge on any atom is 0.407 e. The number of carbonyl (C=O) groups is 2. The highest BCUT2D eigenvalue weighted by atomic mass is 16.6. The molecule has 0 fully saturated rings. The summed E-state index contributed by atoms with van der Waals surface area (Å²) in [6, 6.07) is -0.823. The topological polar surface area (TPSA) is 102 Å². The third kappa shape index (κ3) is 14.6. The van der Waals surface area contributed by atoms with E-state index in [-0.39, 0.29) is 0 Å². The minimum atomic E-state index is -0.995. The van der Waals surface area contributed by atoms with Gasteiger partial charge in [-0.05, 0) is 40.0 Å². The summed E-state index contributed by atoms with van der Waals surface area (Å²) >= 11 is 0. The Labute approximate surface area is 115 Å². The Morgan fingerprint density at radius 3 is 2.21 bits per heavy atom. The van der Waals surface area contributed by atoms with Crippen LogP contribution in [0.1, 0.15) is 53.9 Å². The normalized spacial score (nSPS) is 11.9. The lowest BCUT2D eigenvalue weighted by Gasteiger charge is -2.19. The summed E-state index contributed by atoms with van der Waals surface area (Å²) in [6.45, 7) is 9.83. The number of carbonyl (C=O) groups excluding carboxylic acids is 1. The Balaban J connectivity index is 0. The molecule has 0 aromatic carbocycles. The molecular formula is C13H28N2O4. The number of unbranched alkanes of at least 4 members (excludes halogenated alkanes) is 1. The smallest absolute Gasteiger partial charge is 0.407 e. The van der Waals surface area contributed by atoms with Crippen molar-refractivity contribution >= 4 is 12.1 Å². The second kappa shape index (κ2) is 10.6. The Morgan fingerprint density at radius 1 is 1.26 bits per heavy atom. The molecule has 0 aliphatic carbocycles. The molecule has 6 heteroatoms. The maximum atomic E-state index is 11.2. The molecule has 0 saturated heterocycles. The highest BCUT2D eigenvalue weighted by molar-refractivity contribution is 5.72. The summed E-state index contributed by atoms with van der Waals surface area (Å²) < 4.78 is 5.03. The van der Waals surface area contributed by atoms with Crippen molar-refractivity contribution in [3.63, 3.8) is 0 Å². The summed E-state index contributed by atoms with van der Waals surface area (Å²) in [4.78, 5) is 21.6. The number of nitrogens with one attached hydrogen (secondary N) is 1. The van der Waals surface area contributed by atoms with E-state index >= 15 is 0 Å². The van der Waals surface area contributed by atoms with Crippen LogP contribution in [0, 0.1) is 0 Å². The standard InChI is InChI=1S/C11H22N2O4.C2H6/c1-11(2,3)17-10(16)13-7-5-4-6-8(12)9(14)15;1-2/h8H,4-7,12H2,1-3H3,(H,13,16)(H,14,15);1-2H3. The molecule has 1 atom stereocenters. The number of hydrogen-bond donors (Lipinski definition) is 3. The average molecular weight is 276 g/mol. The molecule has 0 radical (unpaired) electrons. The van der Waals surface area contributed by atoms with Gasteiger partial charge in [-0.25, -0.2) is 4.79 Å². The van der Waals surface area contributed by atoms with E-state index < -0.39 is 23.7 Å². The number of carboxylic acids is 1. The van der Waals surface area contributed by atoms with Crippen molar-refractivity contribution in [1.82, 2.24) is 5.32 Å². The van der Waals surface area contributed by atoms with Crippen molar-refractivity contribution in [2.45, 2.75) is 65.5 Å². The summed E-state index contributed by atoms with van der Waals surface area (Å²) in [5.74, 6) is -0.995. The van der Waals surface area contributed by atoms with Crippen LogP contribution in [0.15, 0.2) is 0 Å². The molecule has 114 valence electrons. The monoisotopic (exact) mass is 276 g/mol. The zero-order valence-corrected chi connectivity index (χ0v) is 12.7. The number of ether oxygens (including phenoxy) is 1. The molecule has 6 nitrogen and oxygen atoms in total. The molecule has 19 heavy (non-hydrogen) atoms. The van der Waals surface area contributed by atoms with E-state index in [0.29, 0.717) is 25.8 Å². The minimum absolute atomic E-state index is 0.408. The van der Waals surface area contributed by atoms with Gasteiger partial charge in [0.15, 0.2) is 0 Å². The van der Waals surface area contributed by atoms with E-state index in [1.807, 2.05) is 13.8 Å². The third-order valence-electron chi connectivity index (χ3n) is 1.93. The van der Waals surface area contributed by atoms with E-state index in [0.717, 1.165) is 0 Å². The second-order valence-electron chi connectivity index (χ2n) is 4.87. The number of nitrogens with two attached hydrogens (primary N) is 1. The number of alkyl carbamates (subject to hydrolysis) is 1. The number of aliphatic carboxylic acids is 1. The molecule has 0 aliphatic heterocycles. The maximum absolute atomic E-state index is 11.2. The molecular weight excluding hydrogens is 248 g/mol. The first kappa shape index (κ1) is 20.0. The van der Waals surface area contributed by atoms with Crippen LogP contribution in [0.4, 0.5) is 4.79 Å². The number of carboxylic acid groups (broad SMARTS) is 1. The highest BCUT2D eigenvalue weighted by Crippen LogP contribution is 2.06. The van der Waals surface area contributed by atoms with Crippen LogP contribution in [-0.4, -0.2) is 35.4 Å². The van der Waals surface area contributed by atoms with Gasteiger partial charge >= 0.3 is 12.1 Å². The Bertz CT molecular complexity index is 262. The molecule has 0 spiro atoms. The Kier molecular flexibility index (Phi) is 11.2. The minimum Gasteiger partial charge on any atom is -0.480 e. The van der Waals surface area contributed by atoms with E-state index in [9.17, 15) is 9.59 Å². The van der Waals surface area contributed by atoms with Crippen LogP contribution >= 0.6 is 0 Å². The Morgan fingerprint density at radius 2 is 1.79 bits per heavy atom. The van der Waals surface area contributed by atoms with Crippen LogP contribution in [-0.2, 0) is 9.53 Å². The molecule has 4 N–H and O–H groups in total. The lowest BCUT2D eigenvalue weighted by molar-refractivity contribution is -0.138. The Hall–Kier alpha value is -1.30. The van der Waals surface area contributed by atoms with Crippen LogP contribution < -0.4 is 11.1 Å². The largest absolute Gasteiger partial charge is 0.480 e. The molecule has 1 amide bonds. The van der Waals surface area contributed by atoms with Gasteiger partial charge in [0.1, 0.15) is 11.6 Å². The molecule has 0 aromatic heterocycles. The zero-order chi connectivity index (χ0) is 15.5. The third-order valence-corrected chi connectivity index (χ3v) is 1.93. The first-order valence-corrected chi connectivity index (χ1v) is 6.67. The fourth-order valence-electron chi connectivity index (χ4n) is 1.12.